The number of pyridine rings is 1. The molecule has 0 aromatic carbocycles. The van der Waals surface area contributed by atoms with Crippen LogP contribution in [0.15, 0.2) is 30.9 Å². The SMILES string of the molecule is CC(C)(C)NNc1ncnc(NNC(=O)c2ccncc2)c1N. The standard InChI is InChI=1S/C14H20N8O/c1-14(2,3)22-20-12-10(15)11(17-8-18-12)19-21-13(23)9-4-6-16-7-5-9/h4-8,22H,15H2,1-3H3,(H,21,23)(H2,17,18,19,20). The zero-order valence-corrected chi connectivity index (χ0v) is 13.2. The van der Waals surface area contributed by atoms with E-state index in [1.165, 1.54) is 18.7 Å². The lowest BCUT2D eigenvalue weighted by atomic mass is 10.1. The molecule has 0 aliphatic rings. The Hall–Kier alpha value is -2.94. The van der Waals surface area contributed by atoms with Crippen LogP contribution in [0.3, 0.4) is 0 Å². The summed E-state index contributed by atoms with van der Waals surface area (Å²) in [6, 6.07) is 3.20. The minimum atomic E-state index is -0.326. The van der Waals surface area contributed by atoms with Gasteiger partial charge in [0.15, 0.2) is 11.6 Å². The van der Waals surface area contributed by atoms with E-state index < -0.39 is 0 Å². The molecule has 2 aromatic rings. The molecule has 0 unspecified atom stereocenters. The topological polar surface area (TPSA) is 130 Å². The fourth-order valence-corrected chi connectivity index (χ4v) is 1.53. The lowest BCUT2D eigenvalue weighted by Gasteiger charge is -2.22. The molecule has 0 aliphatic heterocycles. The molecule has 9 nitrogen and oxygen atoms in total. The van der Waals surface area contributed by atoms with E-state index in [9.17, 15) is 4.79 Å². The van der Waals surface area contributed by atoms with Crippen molar-refractivity contribution in [3.05, 3.63) is 36.4 Å². The second-order valence-corrected chi connectivity index (χ2v) is 5.80. The molecule has 2 rings (SSSR count). The first-order valence-electron chi connectivity index (χ1n) is 6.97. The van der Waals surface area contributed by atoms with Crippen LogP contribution in [-0.4, -0.2) is 26.4 Å². The molecule has 0 fully saturated rings. The molecule has 0 radical (unpaired) electrons. The molecule has 122 valence electrons. The Morgan fingerprint density at radius 1 is 1.09 bits per heavy atom. The van der Waals surface area contributed by atoms with E-state index in [-0.39, 0.29) is 17.1 Å². The predicted molar refractivity (Wildman–Crippen MR) is 88.3 cm³/mol. The van der Waals surface area contributed by atoms with Crippen molar-refractivity contribution in [3.8, 4) is 0 Å². The molecule has 9 heteroatoms. The van der Waals surface area contributed by atoms with E-state index in [1.54, 1.807) is 12.1 Å². The molecule has 0 atom stereocenters. The quantitative estimate of drug-likeness (QED) is 0.515. The highest BCUT2D eigenvalue weighted by atomic mass is 16.2. The summed E-state index contributed by atoms with van der Waals surface area (Å²) in [7, 11) is 0. The van der Waals surface area contributed by atoms with Crippen LogP contribution in [0.5, 0.6) is 0 Å². The zero-order chi connectivity index (χ0) is 16.9. The number of nitrogens with one attached hydrogen (secondary N) is 4. The van der Waals surface area contributed by atoms with Crippen molar-refractivity contribution in [1.29, 1.82) is 0 Å². The second-order valence-electron chi connectivity index (χ2n) is 5.80. The van der Waals surface area contributed by atoms with Crippen molar-refractivity contribution in [2.45, 2.75) is 26.3 Å². The molecule has 0 saturated carbocycles. The Bertz CT molecular complexity index is 668. The molecular weight excluding hydrogens is 296 g/mol. The number of carbonyl (C=O) groups is 1. The maximum absolute atomic E-state index is 12.0. The number of rotatable bonds is 5. The van der Waals surface area contributed by atoms with Crippen LogP contribution in [0.1, 0.15) is 31.1 Å². The van der Waals surface area contributed by atoms with Crippen LogP contribution in [-0.2, 0) is 0 Å². The average Bonchev–Trinajstić information content (AvgIpc) is 2.52. The number of anilines is 3. The minimum Gasteiger partial charge on any atom is -0.393 e. The number of hydrazine groups is 2. The van der Waals surface area contributed by atoms with Crippen LogP contribution in [0, 0.1) is 0 Å². The van der Waals surface area contributed by atoms with Crippen molar-refractivity contribution in [1.82, 2.24) is 25.8 Å². The largest absolute Gasteiger partial charge is 0.393 e. The van der Waals surface area contributed by atoms with Gasteiger partial charge in [-0.2, -0.15) is 0 Å². The maximum atomic E-state index is 12.0. The van der Waals surface area contributed by atoms with Gasteiger partial charge in [0.2, 0.25) is 0 Å². The normalized spacial score (nSPS) is 10.9. The Balaban J connectivity index is 2.02. The number of amides is 1. The van der Waals surface area contributed by atoms with E-state index in [0.717, 1.165) is 0 Å². The molecule has 23 heavy (non-hydrogen) atoms. The average molecular weight is 316 g/mol. The summed E-state index contributed by atoms with van der Waals surface area (Å²) in [5, 5.41) is 0. The third-order valence-electron chi connectivity index (χ3n) is 2.68. The minimum absolute atomic E-state index is 0.166. The van der Waals surface area contributed by atoms with Crippen LogP contribution >= 0.6 is 0 Å². The molecule has 0 bridgehead atoms. The Morgan fingerprint density at radius 3 is 2.30 bits per heavy atom. The van der Waals surface area contributed by atoms with Gasteiger partial charge in [0, 0.05) is 23.5 Å². The van der Waals surface area contributed by atoms with Crippen molar-refractivity contribution in [2.75, 3.05) is 16.6 Å². The molecule has 0 spiro atoms. The van der Waals surface area contributed by atoms with E-state index >= 15 is 0 Å². The Labute approximate surface area is 134 Å². The van der Waals surface area contributed by atoms with Crippen molar-refractivity contribution in [2.24, 2.45) is 0 Å². The number of nitrogens with zero attached hydrogens (tertiary/aromatic N) is 3. The van der Waals surface area contributed by atoms with Crippen LogP contribution in [0.25, 0.3) is 0 Å². The highest BCUT2D eigenvalue weighted by Crippen LogP contribution is 2.21. The van der Waals surface area contributed by atoms with Crippen molar-refractivity contribution >= 4 is 23.2 Å². The van der Waals surface area contributed by atoms with E-state index in [2.05, 4.69) is 36.7 Å². The molecule has 1 amide bonds. The van der Waals surface area contributed by atoms with Crippen LogP contribution < -0.4 is 27.4 Å². The van der Waals surface area contributed by atoms with Gasteiger partial charge in [-0.15, -0.1) is 0 Å². The number of aromatic nitrogens is 3. The number of hydrogen-bond donors (Lipinski definition) is 5. The van der Waals surface area contributed by atoms with E-state index in [1.807, 2.05) is 20.8 Å². The van der Waals surface area contributed by atoms with E-state index in [0.29, 0.717) is 17.2 Å². The summed E-state index contributed by atoms with van der Waals surface area (Å²) in [4.78, 5) is 23.9. The summed E-state index contributed by atoms with van der Waals surface area (Å²) in [6.45, 7) is 5.97. The zero-order valence-electron chi connectivity index (χ0n) is 13.2. The maximum Gasteiger partial charge on any atom is 0.269 e. The second kappa shape index (κ2) is 6.88. The van der Waals surface area contributed by atoms with Crippen molar-refractivity contribution < 1.29 is 4.79 Å². The van der Waals surface area contributed by atoms with Gasteiger partial charge in [0.1, 0.15) is 12.0 Å². The highest BCUT2D eigenvalue weighted by Gasteiger charge is 2.13. The molecule has 6 N–H and O–H groups in total. The molecular formula is C14H20N8O. The third kappa shape index (κ3) is 4.78. The number of carbonyl (C=O) groups excluding carboxylic acids is 1. The first-order valence-corrected chi connectivity index (χ1v) is 6.97. The first-order chi connectivity index (χ1) is 10.9. The van der Waals surface area contributed by atoms with Crippen molar-refractivity contribution in [3.63, 3.8) is 0 Å². The summed E-state index contributed by atoms with van der Waals surface area (Å²) in [5.74, 6) is 0.379. The third-order valence-corrected chi connectivity index (χ3v) is 2.68. The fourth-order valence-electron chi connectivity index (χ4n) is 1.53. The molecule has 0 saturated heterocycles. The lowest BCUT2D eigenvalue weighted by Crippen LogP contribution is -2.40. The van der Waals surface area contributed by atoms with Gasteiger partial charge < -0.3 is 11.2 Å². The number of hydrogen-bond acceptors (Lipinski definition) is 8. The first kappa shape index (κ1) is 16.4. The monoisotopic (exact) mass is 316 g/mol. The highest BCUT2D eigenvalue weighted by molar-refractivity contribution is 5.95. The summed E-state index contributed by atoms with van der Waals surface area (Å²) in [5.41, 5.74) is 17.7. The van der Waals surface area contributed by atoms with Gasteiger partial charge >= 0.3 is 0 Å². The van der Waals surface area contributed by atoms with Crippen LogP contribution in [0.4, 0.5) is 17.3 Å². The van der Waals surface area contributed by atoms with Gasteiger partial charge in [-0.05, 0) is 32.9 Å². The summed E-state index contributed by atoms with van der Waals surface area (Å²) in [6.07, 6.45) is 4.41. The van der Waals surface area contributed by atoms with E-state index in [4.69, 9.17) is 5.73 Å². The molecule has 0 aliphatic carbocycles. The lowest BCUT2D eigenvalue weighted by molar-refractivity contribution is 0.0962. The Morgan fingerprint density at radius 2 is 1.70 bits per heavy atom. The number of nitrogen functional groups attached to an aromatic ring is 1. The predicted octanol–water partition coefficient (Wildman–Crippen LogP) is 0.926. The summed E-state index contributed by atoms with van der Waals surface area (Å²) >= 11 is 0. The van der Waals surface area contributed by atoms with Gasteiger partial charge in [0.05, 0.1) is 0 Å². The summed E-state index contributed by atoms with van der Waals surface area (Å²) < 4.78 is 0. The molecule has 2 heterocycles. The fraction of sp³-hybridized carbons (Fsp3) is 0.286. The smallest absolute Gasteiger partial charge is 0.269 e. The van der Waals surface area contributed by atoms with Crippen LogP contribution in [0.2, 0.25) is 0 Å². The van der Waals surface area contributed by atoms with Gasteiger partial charge in [-0.25, -0.2) is 15.4 Å². The molecule has 2 aromatic heterocycles. The van der Waals surface area contributed by atoms with Gasteiger partial charge in [-0.3, -0.25) is 20.6 Å². The number of nitrogens with two attached hydrogens (primary N) is 1. The van der Waals surface area contributed by atoms with Gasteiger partial charge in [0.25, 0.3) is 5.91 Å². The van der Waals surface area contributed by atoms with Gasteiger partial charge in [-0.1, -0.05) is 0 Å². The Kier molecular flexibility index (Phi) is 4.91.